The van der Waals surface area contributed by atoms with Crippen LogP contribution >= 0.6 is 0 Å². The molecular formula is C18H32O. The van der Waals surface area contributed by atoms with Crippen LogP contribution < -0.4 is 0 Å². The summed E-state index contributed by atoms with van der Waals surface area (Å²) in [5.41, 5.74) is 0. The summed E-state index contributed by atoms with van der Waals surface area (Å²) in [5, 5.41) is 0. The molecular weight excluding hydrogens is 232 g/mol. The Hall–Kier alpha value is -0.300. The van der Waals surface area contributed by atoms with E-state index in [2.05, 4.69) is 20.4 Å². The van der Waals surface area contributed by atoms with E-state index < -0.39 is 0 Å². The van der Waals surface area contributed by atoms with E-state index in [9.17, 15) is 0 Å². The molecule has 0 amide bonds. The predicted molar refractivity (Wildman–Crippen MR) is 82.2 cm³/mol. The van der Waals surface area contributed by atoms with Crippen LogP contribution in [0, 0.1) is 23.7 Å². The first-order valence-corrected chi connectivity index (χ1v) is 8.43. The minimum Gasteiger partial charge on any atom is -0.374 e. The lowest BCUT2D eigenvalue weighted by Gasteiger charge is -2.38. The normalized spacial score (nSPS) is 37.8. The molecule has 2 aliphatic rings. The van der Waals surface area contributed by atoms with Crippen LogP contribution in [0.1, 0.15) is 65.2 Å². The average molecular weight is 264 g/mol. The largest absolute Gasteiger partial charge is 0.374 e. The third-order valence-electron chi connectivity index (χ3n) is 5.68. The molecule has 2 fully saturated rings. The highest BCUT2D eigenvalue weighted by Crippen LogP contribution is 2.42. The lowest BCUT2D eigenvalue weighted by atomic mass is 9.69. The zero-order chi connectivity index (χ0) is 13.7. The van der Waals surface area contributed by atoms with Crippen LogP contribution in [0.2, 0.25) is 0 Å². The molecule has 0 saturated heterocycles. The fourth-order valence-corrected chi connectivity index (χ4v) is 4.20. The van der Waals surface area contributed by atoms with Gasteiger partial charge in [0.15, 0.2) is 0 Å². The molecule has 2 aliphatic carbocycles. The van der Waals surface area contributed by atoms with Crippen LogP contribution in [-0.2, 0) is 4.74 Å². The second kappa shape index (κ2) is 7.47. The fraction of sp³-hybridized carbons (Fsp3) is 0.889. The van der Waals surface area contributed by atoms with E-state index in [0.29, 0.717) is 12.7 Å². The maximum Gasteiger partial charge on any atom is 0.0648 e. The monoisotopic (exact) mass is 264 g/mol. The van der Waals surface area contributed by atoms with Gasteiger partial charge < -0.3 is 4.74 Å². The van der Waals surface area contributed by atoms with Crippen molar-refractivity contribution in [3.8, 4) is 0 Å². The SMILES string of the molecule is C=CCOC(C)C1CCC(C2CCC(C)CC2)CC1. The van der Waals surface area contributed by atoms with E-state index in [0.717, 1.165) is 23.7 Å². The standard InChI is InChI=1S/C18H32O/c1-4-13-19-15(3)16-9-11-18(12-10-16)17-7-5-14(2)6-8-17/h4,14-18H,1,5-13H2,2-3H3. The van der Waals surface area contributed by atoms with Gasteiger partial charge in [0, 0.05) is 0 Å². The molecule has 0 aromatic carbocycles. The first kappa shape index (κ1) is 15.1. The van der Waals surface area contributed by atoms with E-state index in [1.165, 1.54) is 51.4 Å². The van der Waals surface area contributed by atoms with Gasteiger partial charge in [-0.05, 0) is 69.1 Å². The number of hydrogen-bond acceptors (Lipinski definition) is 1. The molecule has 0 aromatic rings. The van der Waals surface area contributed by atoms with Gasteiger partial charge in [-0.25, -0.2) is 0 Å². The number of hydrogen-bond donors (Lipinski definition) is 0. The van der Waals surface area contributed by atoms with Crippen molar-refractivity contribution in [1.29, 1.82) is 0 Å². The fourth-order valence-electron chi connectivity index (χ4n) is 4.20. The zero-order valence-electron chi connectivity index (χ0n) is 12.9. The first-order chi connectivity index (χ1) is 9.20. The van der Waals surface area contributed by atoms with Crippen LogP contribution in [0.5, 0.6) is 0 Å². The minimum absolute atomic E-state index is 0.422. The van der Waals surface area contributed by atoms with Gasteiger partial charge in [0.1, 0.15) is 0 Å². The molecule has 0 spiro atoms. The Morgan fingerprint density at radius 2 is 1.53 bits per heavy atom. The third kappa shape index (κ3) is 4.34. The molecule has 2 saturated carbocycles. The summed E-state index contributed by atoms with van der Waals surface area (Å²) < 4.78 is 5.81. The molecule has 1 heteroatoms. The molecule has 0 bridgehead atoms. The van der Waals surface area contributed by atoms with E-state index in [-0.39, 0.29) is 0 Å². The second-order valence-electron chi connectivity index (χ2n) is 7.02. The summed E-state index contributed by atoms with van der Waals surface area (Å²) in [4.78, 5) is 0. The maximum absolute atomic E-state index is 5.81. The van der Waals surface area contributed by atoms with Crippen molar-refractivity contribution in [1.82, 2.24) is 0 Å². The quantitative estimate of drug-likeness (QED) is 0.619. The molecule has 19 heavy (non-hydrogen) atoms. The van der Waals surface area contributed by atoms with Gasteiger partial charge in [-0.1, -0.05) is 25.8 Å². The van der Waals surface area contributed by atoms with Crippen LogP contribution in [0.15, 0.2) is 12.7 Å². The van der Waals surface area contributed by atoms with E-state index in [1.807, 2.05) is 6.08 Å². The highest BCUT2D eigenvalue weighted by molar-refractivity contribution is 4.83. The lowest BCUT2D eigenvalue weighted by molar-refractivity contribution is 0.0156. The molecule has 2 rings (SSSR count). The Labute approximate surface area is 119 Å². The Morgan fingerprint density at radius 3 is 2.05 bits per heavy atom. The molecule has 1 nitrogen and oxygen atoms in total. The van der Waals surface area contributed by atoms with Crippen LogP contribution in [0.3, 0.4) is 0 Å². The zero-order valence-corrected chi connectivity index (χ0v) is 12.9. The molecule has 1 atom stereocenters. The van der Waals surface area contributed by atoms with Crippen molar-refractivity contribution < 1.29 is 4.74 Å². The number of ether oxygens (including phenoxy) is 1. The summed E-state index contributed by atoms with van der Waals surface area (Å²) in [5.74, 6) is 3.84. The van der Waals surface area contributed by atoms with Crippen molar-refractivity contribution in [3.05, 3.63) is 12.7 Å². The molecule has 0 aliphatic heterocycles. The topological polar surface area (TPSA) is 9.23 Å². The lowest BCUT2D eigenvalue weighted by Crippen LogP contribution is -2.30. The Bertz CT molecular complexity index is 257. The van der Waals surface area contributed by atoms with Gasteiger partial charge >= 0.3 is 0 Å². The minimum atomic E-state index is 0.422. The van der Waals surface area contributed by atoms with Crippen LogP contribution in [0.4, 0.5) is 0 Å². The van der Waals surface area contributed by atoms with Gasteiger partial charge in [0.05, 0.1) is 12.7 Å². The smallest absolute Gasteiger partial charge is 0.0648 e. The molecule has 0 N–H and O–H groups in total. The van der Waals surface area contributed by atoms with E-state index in [4.69, 9.17) is 4.74 Å². The van der Waals surface area contributed by atoms with Gasteiger partial charge in [0.2, 0.25) is 0 Å². The van der Waals surface area contributed by atoms with Crippen molar-refractivity contribution in [2.75, 3.05) is 6.61 Å². The van der Waals surface area contributed by atoms with Crippen molar-refractivity contribution in [3.63, 3.8) is 0 Å². The molecule has 110 valence electrons. The van der Waals surface area contributed by atoms with Gasteiger partial charge in [-0.2, -0.15) is 0 Å². The predicted octanol–water partition coefficient (Wildman–Crippen LogP) is 5.21. The molecule has 0 aromatic heterocycles. The maximum atomic E-state index is 5.81. The summed E-state index contributed by atoms with van der Waals surface area (Å²) in [6, 6.07) is 0. The number of rotatable bonds is 5. The Balaban J connectivity index is 1.71. The first-order valence-electron chi connectivity index (χ1n) is 8.43. The van der Waals surface area contributed by atoms with E-state index in [1.54, 1.807) is 0 Å². The van der Waals surface area contributed by atoms with Crippen LogP contribution in [0.25, 0.3) is 0 Å². The van der Waals surface area contributed by atoms with Crippen LogP contribution in [-0.4, -0.2) is 12.7 Å². The molecule has 0 heterocycles. The Kier molecular flexibility index (Phi) is 5.94. The summed E-state index contributed by atoms with van der Waals surface area (Å²) >= 11 is 0. The van der Waals surface area contributed by atoms with Gasteiger partial charge in [-0.3, -0.25) is 0 Å². The molecule has 1 unspecified atom stereocenters. The summed E-state index contributed by atoms with van der Waals surface area (Å²) in [6.07, 6.45) is 13.9. The van der Waals surface area contributed by atoms with Gasteiger partial charge in [0.25, 0.3) is 0 Å². The van der Waals surface area contributed by atoms with E-state index >= 15 is 0 Å². The highest BCUT2D eigenvalue weighted by atomic mass is 16.5. The Morgan fingerprint density at radius 1 is 1.00 bits per heavy atom. The average Bonchev–Trinajstić information content (AvgIpc) is 2.46. The summed E-state index contributed by atoms with van der Waals surface area (Å²) in [6.45, 7) is 9.11. The van der Waals surface area contributed by atoms with Crippen molar-refractivity contribution in [2.45, 2.75) is 71.3 Å². The third-order valence-corrected chi connectivity index (χ3v) is 5.68. The molecule has 0 radical (unpaired) electrons. The van der Waals surface area contributed by atoms with Crippen molar-refractivity contribution in [2.24, 2.45) is 23.7 Å². The van der Waals surface area contributed by atoms with Gasteiger partial charge in [-0.15, -0.1) is 6.58 Å². The summed E-state index contributed by atoms with van der Waals surface area (Å²) in [7, 11) is 0. The highest BCUT2D eigenvalue weighted by Gasteiger charge is 2.31. The van der Waals surface area contributed by atoms with Crippen molar-refractivity contribution >= 4 is 0 Å². The second-order valence-corrected chi connectivity index (χ2v) is 7.02.